The van der Waals surface area contributed by atoms with Crippen LogP contribution >= 0.6 is 11.6 Å². The smallest absolute Gasteiger partial charge is 0.339 e. The van der Waals surface area contributed by atoms with Gasteiger partial charge >= 0.3 is 5.97 Å². The van der Waals surface area contributed by atoms with Gasteiger partial charge in [0.2, 0.25) is 0 Å². The highest BCUT2D eigenvalue weighted by atomic mass is 35.5. The third-order valence-corrected chi connectivity index (χ3v) is 6.22. The summed E-state index contributed by atoms with van der Waals surface area (Å²) in [6.07, 6.45) is 1.41. The fraction of sp³-hybridized carbons (Fsp3) is 0.133. The van der Waals surface area contributed by atoms with Gasteiger partial charge in [-0.05, 0) is 67.1 Å². The average molecular weight is 544 g/mol. The lowest BCUT2D eigenvalue weighted by Crippen LogP contribution is -2.26. The molecule has 0 aliphatic heterocycles. The second-order valence-corrected chi connectivity index (χ2v) is 9.08. The normalized spacial score (nSPS) is 10.5. The number of nitrogens with zero attached hydrogens (tertiary/aromatic N) is 2. The summed E-state index contributed by atoms with van der Waals surface area (Å²) in [6, 6.07) is 22.2. The van der Waals surface area contributed by atoms with Crippen LogP contribution in [0.5, 0.6) is 5.75 Å². The summed E-state index contributed by atoms with van der Waals surface area (Å²) < 4.78 is 10.6. The molecule has 0 aliphatic carbocycles. The third-order valence-electron chi connectivity index (χ3n) is 5.99. The van der Waals surface area contributed by atoms with E-state index in [2.05, 4.69) is 15.0 Å². The van der Waals surface area contributed by atoms with Crippen LogP contribution in [0.1, 0.15) is 42.3 Å². The number of nitrogens with one attached hydrogen (secondary N) is 1. The Morgan fingerprint density at radius 1 is 0.949 bits per heavy atom. The minimum atomic E-state index is -0.478. The molecule has 9 heteroatoms. The molecule has 8 nitrogen and oxygen atoms in total. The maximum atomic E-state index is 13.3. The summed E-state index contributed by atoms with van der Waals surface area (Å²) in [4.78, 5) is 43.2. The molecule has 0 saturated heterocycles. The van der Waals surface area contributed by atoms with Crippen molar-refractivity contribution in [3.05, 3.63) is 118 Å². The molecule has 0 aliphatic rings. The van der Waals surface area contributed by atoms with Gasteiger partial charge in [-0.3, -0.25) is 14.6 Å². The highest BCUT2D eigenvalue weighted by Crippen LogP contribution is 2.32. The SMILES string of the molecule is COC(=O)c1ccc(COc2cc(Cl)ccc2N(C)C(=O)c2ccc(NC(=O)c3ccccc3C)cc2)nc1. The highest BCUT2D eigenvalue weighted by Gasteiger charge is 2.19. The van der Waals surface area contributed by atoms with Crippen LogP contribution in [0, 0.1) is 6.92 Å². The average Bonchev–Trinajstić information content (AvgIpc) is 2.96. The van der Waals surface area contributed by atoms with Crippen LogP contribution in [0.2, 0.25) is 5.02 Å². The number of carbonyl (C=O) groups excluding carboxylic acids is 3. The number of carbonyl (C=O) groups is 3. The Morgan fingerprint density at radius 2 is 1.67 bits per heavy atom. The van der Waals surface area contributed by atoms with Crippen LogP contribution in [-0.4, -0.2) is 36.9 Å². The predicted octanol–water partition coefficient (Wildman–Crippen LogP) is 5.94. The first-order valence-electron chi connectivity index (χ1n) is 12.0. The predicted molar refractivity (Wildman–Crippen MR) is 150 cm³/mol. The molecule has 1 aromatic heterocycles. The number of rotatable bonds is 8. The van der Waals surface area contributed by atoms with Crippen LogP contribution in [0.3, 0.4) is 0 Å². The molecule has 0 saturated carbocycles. The Kier molecular flexibility index (Phi) is 8.58. The number of esters is 1. The molecule has 0 unspecified atom stereocenters. The van der Waals surface area contributed by atoms with Crippen LogP contribution < -0.4 is 15.0 Å². The summed E-state index contributed by atoms with van der Waals surface area (Å²) >= 11 is 6.20. The zero-order valence-electron chi connectivity index (χ0n) is 21.6. The number of pyridine rings is 1. The molecule has 4 aromatic rings. The van der Waals surface area contributed by atoms with Crippen LogP contribution in [0.15, 0.2) is 85.1 Å². The molecule has 39 heavy (non-hydrogen) atoms. The quantitative estimate of drug-likeness (QED) is 0.276. The van der Waals surface area contributed by atoms with Gasteiger partial charge in [0, 0.05) is 41.1 Å². The lowest BCUT2D eigenvalue weighted by Gasteiger charge is -2.21. The molecule has 0 radical (unpaired) electrons. The lowest BCUT2D eigenvalue weighted by atomic mass is 10.1. The van der Waals surface area contributed by atoms with E-state index in [1.165, 1.54) is 18.2 Å². The Bertz CT molecular complexity index is 1500. The first-order chi connectivity index (χ1) is 18.8. The maximum absolute atomic E-state index is 13.3. The fourth-order valence-corrected chi connectivity index (χ4v) is 3.97. The van der Waals surface area contributed by atoms with Crippen molar-refractivity contribution < 1.29 is 23.9 Å². The Morgan fingerprint density at radius 3 is 2.33 bits per heavy atom. The van der Waals surface area contributed by atoms with Gasteiger partial charge in [-0.25, -0.2) is 4.79 Å². The fourth-order valence-electron chi connectivity index (χ4n) is 3.81. The lowest BCUT2D eigenvalue weighted by molar-refractivity contribution is 0.0600. The van der Waals surface area contributed by atoms with Crippen molar-refractivity contribution in [1.29, 1.82) is 0 Å². The number of amides is 2. The van der Waals surface area contributed by atoms with Gasteiger partial charge in [-0.2, -0.15) is 0 Å². The van der Waals surface area contributed by atoms with Gasteiger partial charge < -0.3 is 19.7 Å². The van der Waals surface area contributed by atoms with Crippen LogP contribution in [0.25, 0.3) is 0 Å². The molecule has 198 valence electrons. The number of aryl methyl sites for hydroxylation is 1. The van der Waals surface area contributed by atoms with E-state index in [-0.39, 0.29) is 18.4 Å². The number of anilines is 2. The van der Waals surface area contributed by atoms with Gasteiger partial charge in [0.25, 0.3) is 11.8 Å². The molecule has 1 heterocycles. The molecule has 0 atom stereocenters. The molecule has 3 aromatic carbocycles. The maximum Gasteiger partial charge on any atom is 0.339 e. The van der Waals surface area contributed by atoms with Crippen LogP contribution in [-0.2, 0) is 11.3 Å². The van der Waals surface area contributed by atoms with E-state index < -0.39 is 5.97 Å². The van der Waals surface area contributed by atoms with E-state index >= 15 is 0 Å². The van der Waals surface area contributed by atoms with Crippen molar-refractivity contribution in [3.8, 4) is 5.75 Å². The minimum Gasteiger partial charge on any atom is -0.485 e. The molecule has 2 amide bonds. The molecule has 0 bridgehead atoms. The second-order valence-electron chi connectivity index (χ2n) is 8.64. The summed E-state index contributed by atoms with van der Waals surface area (Å²) in [5.41, 5.74) is 3.87. The number of benzene rings is 3. The molecule has 0 spiro atoms. The van der Waals surface area contributed by atoms with E-state index in [9.17, 15) is 14.4 Å². The van der Waals surface area contributed by atoms with Crippen molar-refractivity contribution in [2.24, 2.45) is 0 Å². The van der Waals surface area contributed by atoms with E-state index in [0.717, 1.165) is 5.56 Å². The number of hydrogen-bond donors (Lipinski definition) is 1. The number of methoxy groups -OCH3 is 1. The summed E-state index contributed by atoms with van der Waals surface area (Å²) in [5, 5.41) is 3.30. The van der Waals surface area contributed by atoms with Gasteiger partial charge in [0.15, 0.2) is 0 Å². The van der Waals surface area contributed by atoms with E-state index in [4.69, 9.17) is 16.3 Å². The van der Waals surface area contributed by atoms with E-state index in [0.29, 0.717) is 44.5 Å². The van der Waals surface area contributed by atoms with Crippen molar-refractivity contribution >= 4 is 40.8 Å². The number of aromatic nitrogens is 1. The Balaban J connectivity index is 1.45. The first-order valence-corrected chi connectivity index (χ1v) is 12.4. The van der Waals surface area contributed by atoms with Crippen molar-refractivity contribution in [1.82, 2.24) is 4.98 Å². The Labute approximate surface area is 231 Å². The summed E-state index contributed by atoms with van der Waals surface area (Å²) in [7, 11) is 2.94. The highest BCUT2D eigenvalue weighted by molar-refractivity contribution is 6.30. The van der Waals surface area contributed by atoms with Gasteiger partial charge in [0.1, 0.15) is 12.4 Å². The van der Waals surface area contributed by atoms with E-state index in [1.54, 1.807) is 67.7 Å². The largest absolute Gasteiger partial charge is 0.485 e. The second kappa shape index (κ2) is 12.2. The summed E-state index contributed by atoms with van der Waals surface area (Å²) in [6.45, 7) is 1.96. The minimum absolute atomic E-state index is 0.0894. The molecule has 0 fully saturated rings. The van der Waals surface area contributed by atoms with Gasteiger partial charge in [-0.15, -0.1) is 0 Å². The molecule has 4 rings (SSSR count). The number of ether oxygens (including phenoxy) is 2. The van der Waals surface area contributed by atoms with Gasteiger partial charge in [-0.1, -0.05) is 29.8 Å². The topological polar surface area (TPSA) is 97.8 Å². The molecular weight excluding hydrogens is 518 g/mol. The first kappa shape index (κ1) is 27.3. The number of halogens is 1. The molecular formula is C30H26ClN3O5. The molecule has 1 N–H and O–H groups in total. The Hall–Kier alpha value is -4.69. The van der Waals surface area contributed by atoms with E-state index in [1.807, 2.05) is 25.1 Å². The van der Waals surface area contributed by atoms with Crippen molar-refractivity contribution in [3.63, 3.8) is 0 Å². The number of hydrogen-bond acceptors (Lipinski definition) is 6. The summed E-state index contributed by atoms with van der Waals surface area (Å²) in [5.74, 6) is -0.588. The zero-order valence-corrected chi connectivity index (χ0v) is 22.4. The monoisotopic (exact) mass is 543 g/mol. The van der Waals surface area contributed by atoms with Crippen LogP contribution in [0.4, 0.5) is 11.4 Å². The van der Waals surface area contributed by atoms with Crippen molar-refractivity contribution in [2.75, 3.05) is 24.4 Å². The standard InChI is InChI=1S/C30H26ClN3O5/c1-19-6-4-5-7-25(19)28(35)33-23-12-8-20(9-13-23)29(36)34(2)26-15-11-22(31)16-27(26)39-18-24-14-10-21(17-32-24)30(37)38-3/h4-17H,18H2,1-3H3,(H,33,35). The zero-order chi connectivity index (χ0) is 27.9. The van der Waals surface area contributed by atoms with Gasteiger partial charge in [0.05, 0.1) is 24.1 Å². The van der Waals surface area contributed by atoms with Crippen molar-refractivity contribution in [2.45, 2.75) is 13.5 Å². The third kappa shape index (κ3) is 6.61.